The summed E-state index contributed by atoms with van der Waals surface area (Å²) in [4.78, 5) is 11.5. The Labute approximate surface area is 101 Å². The fourth-order valence-electron chi connectivity index (χ4n) is 2.75. The van der Waals surface area contributed by atoms with Crippen LogP contribution in [0.4, 0.5) is 0 Å². The molecule has 1 aliphatic carbocycles. The highest BCUT2D eigenvalue weighted by Gasteiger charge is 2.48. The lowest BCUT2D eigenvalue weighted by Gasteiger charge is -2.35. The van der Waals surface area contributed by atoms with Gasteiger partial charge in [0.15, 0.2) is 5.41 Å². The maximum absolute atomic E-state index is 11.5. The maximum Gasteiger partial charge on any atom is 0.324 e. The zero-order chi connectivity index (χ0) is 12.3. The molecule has 1 aromatic carbocycles. The largest absolute Gasteiger partial charge is 0.480 e. The molecule has 0 spiro atoms. The summed E-state index contributed by atoms with van der Waals surface area (Å²) in [6, 6.07) is 11.6. The molecular weight excluding hydrogens is 214 g/mol. The Morgan fingerprint density at radius 2 is 2.06 bits per heavy atom. The van der Waals surface area contributed by atoms with E-state index in [-0.39, 0.29) is 5.92 Å². The third kappa shape index (κ3) is 1.91. The minimum absolute atomic E-state index is 0.181. The molecule has 1 aromatic rings. The first-order chi connectivity index (χ1) is 8.20. The smallest absolute Gasteiger partial charge is 0.324 e. The number of carboxylic acid groups (broad SMARTS) is 1. The number of carboxylic acids is 1. The number of aliphatic carboxylic acids is 1. The third-order valence-electron chi connectivity index (χ3n) is 3.69. The molecule has 0 aromatic heterocycles. The topological polar surface area (TPSA) is 61.1 Å². The molecule has 1 saturated carbocycles. The summed E-state index contributed by atoms with van der Waals surface area (Å²) in [5.41, 5.74) is -0.268. The Morgan fingerprint density at radius 3 is 2.65 bits per heavy atom. The predicted octanol–water partition coefficient (Wildman–Crippen LogP) is 2.94. The molecule has 88 valence electrons. The van der Waals surface area contributed by atoms with Gasteiger partial charge >= 0.3 is 5.97 Å². The van der Waals surface area contributed by atoms with Crippen LogP contribution in [-0.4, -0.2) is 11.1 Å². The van der Waals surface area contributed by atoms with Crippen molar-refractivity contribution in [2.45, 2.75) is 31.6 Å². The van der Waals surface area contributed by atoms with Crippen LogP contribution in [0.1, 0.15) is 37.2 Å². The van der Waals surface area contributed by atoms with E-state index in [0.29, 0.717) is 6.42 Å². The first-order valence-electron chi connectivity index (χ1n) is 5.90. The molecule has 0 heterocycles. The molecule has 0 bridgehead atoms. The Kier molecular flexibility index (Phi) is 3.14. The molecule has 1 aliphatic rings. The number of hydrogen-bond acceptors (Lipinski definition) is 2. The zero-order valence-electron chi connectivity index (χ0n) is 9.60. The molecule has 1 N–H and O–H groups in total. The lowest BCUT2D eigenvalue weighted by molar-refractivity contribution is -0.148. The number of hydrogen-bond donors (Lipinski definition) is 1. The first kappa shape index (κ1) is 11.7. The Morgan fingerprint density at radius 1 is 1.35 bits per heavy atom. The molecule has 1 fully saturated rings. The minimum atomic E-state index is -1.24. The van der Waals surface area contributed by atoms with E-state index in [1.54, 1.807) is 0 Å². The van der Waals surface area contributed by atoms with Crippen molar-refractivity contribution in [2.24, 2.45) is 5.41 Å². The molecule has 0 amide bonds. The van der Waals surface area contributed by atoms with Crippen LogP contribution >= 0.6 is 0 Å². The van der Waals surface area contributed by atoms with Crippen LogP contribution in [0.2, 0.25) is 0 Å². The average Bonchev–Trinajstić information content (AvgIpc) is 2.39. The van der Waals surface area contributed by atoms with Crippen LogP contribution in [0.25, 0.3) is 0 Å². The fraction of sp³-hybridized carbons (Fsp3) is 0.429. The second kappa shape index (κ2) is 4.58. The van der Waals surface area contributed by atoms with Gasteiger partial charge in [-0.05, 0) is 18.4 Å². The van der Waals surface area contributed by atoms with Gasteiger partial charge in [0.2, 0.25) is 0 Å². The highest BCUT2D eigenvalue weighted by atomic mass is 16.4. The van der Waals surface area contributed by atoms with Crippen molar-refractivity contribution in [3.05, 3.63) is 35.9 Å². The standard InChI is InChI=1S/C14H15NO2/c15-10-14(13(16)17)9-5-4-8-12(14)11-6-2-1-3-7-11/h1-3,6-7,12H,4-5,8-9H2,(H,16,17)/t12-,14-/m0/s1. The molecular formula is C14H15NO2. The van der Waals surface area contributed by atoms with Crippen molar-refractivity contribution in [1.29, 1.82) is 5.26 Å². The maximum atomic E-state index is 11.5. The van der Waals surface area contributed by atoms with E-state index in [1.165, 1.54) is 0 Å². The molecule has 0 radical (unpaired) electrons. The van der Waals surface area contributed by atoms with Crippen LogP contribution in [0, 0.1) is 16.7 Å². The molecule has 2 atom stereocenters. The quantitative estimate of drug-likeness (QED) is 0.848. The SMILES string of the molecule is N#C[C@@]1(C(=O)O)CCCC[C@H]1c1ccccc1. The van der Waals surface area contributed by atoms with Crippen molar-refractivity contribution in [3.8, 4) is 6.07 Å². The van der Waals surface area contributed by atoms with Gasteiger partial charge in [0.1, 0.15) is 0 Å². The van der Waals surface area contributed by atoms with Crippen LogP contribution in [0.5, 0.6) is 0 Å². The van der Waals surface area contributed by atoms with E-state index < -0.39 is 11.4 Å². The summed E-state index contributed by atoms with van der Waals surface area (Å²) in [5, 5.41) is 18.7. The summed E-state index contributed by atoms with van der Waals surface area (Å²) in [7, 11) is 0. The van der Waals surface area contributed by atoms with Crippen LogP contribution in [0.3, 0.4) is 0 Å². The average molecular weight is 229 g/mol. The highest BCUT2D eigenvalue weighted by molar-refractivity contribution is 5.79. The number of rotatable bonds is 2. The summed E-state index contributed by atoms with van der Waals surface area (Å²) < 4.78 is 0. The summed E-state index contributed by atoms with van der Waals surface area (Å²) >= 11 is 0. The van der Waals surface area contributed by atoms with Gasteiger partial charge in [-0.2, -0.15) is 5.26 Å². The van der Waals surface area contributed by atoms with Gasteiger partial charge in [-0.3, -0.25) is 4.79 Å². The van der Waals surface area contributed by atoms with Crippen LogP contribution < -0.4 is 0 Å². The molecule has 0 saturated heterocycles. The van der Waals surface area contributed by atoms with E-state index in [1.807, 2.05) is 30.3 Å². The van der Waals surface area contributed by atoms with E-state index in [0.717, 1.165) is 24.8 Å². The fourth-order valence-corrected chi connectivity index (χ4v) is 2.75. The molecule has 3 heteroatoms. The molecule has 3 nitrogen and oxygen atoms in total. The lowest BCUT2D eigenvalue weighted by Crippen LogP contribution is -2.38. The van der Waals surface area contributed by atoms with Gasteiger partial charge in [-0.1, -0.05) is 43.2 Å². The van der Waals surface area contributed by atoms with Gasteiger partial charge in [0, 0.05) is 5.92 Å². The highest BCUT2D eigenvalue weighted by Crippen LogP contribution is 2.47. The van der Waals surface area contributed by atoms with Crippen LogP contribution in [0.15, 0.2) is 30.3 Å². The first-order valence-corrected chi connectivity index (χ1v) is 5.90. The van der Waals surface area contributed by atoms with E-state index >= 15 is 0 Å². The zero-order valence-corrected chi connectivity index (χ0v) is 9.60. The monoisotopic (exact) mass is 229 g/mol. The molecule has 0 unspecified atom stereocenters. The Bertz CT molecular complexity index is 449. The second-order valence-electron chi connectivity index (χ2n) is 4.60. The Hall–Kier alpha value is -1.82. The van der Waals surface area contributed by atoms with Gasteiger partial charge in [-0.25, -0.2) is 0 Å². The van der Waals surface area contributed by atoms with E-state index in [2.05, 4.69) is 6.07 Å². The number of nitriles is 1. The minimum Gasteiger partial charge on any atom is -0.480 e. The lowest BCUT2D eigenvalue weighted by atomic mass is 9.64. The van der Waals surface area contributed by atoms with Crippen molar-refractivity contribution < 1.29 is 9.90 Å². The van der Waals surface area contributed by atoms with Gasteiger partial charge in [-0.15, -0.1) is 0 Å². The Balaban J connectivity index is 2.43. The van der Waals surface area contributed by atoms with Crippen molar-refractivity contribution >= 4 is 5.97 Å². The summed E-state index contributed by atoms with van der Waals surface area (Å²) in [6.45, 7) is 0. The van der Waals surface area contributed by atoms with Crippen molar-refractivity contribution in [3.63, 3.8) is 0 Å². The summed E-state index contributed by atoms with van der Waals surface area (Å²) in [6.07, 6.45) is 3.06. The summed E-state index contributed by atoms with van der Waals surface area (Å²) in [5.74, 6) is -1.16. The second-order valence-corrected chi connectivity index (χ2v) is 4.60. The molecule has 17 heavy (non-hydrogen) atoms. The van der Waals surface area contributed by atoms with Crippen molar-refractivity contribution in [2.75, 3.05) is 0 Å². The molecule has 0 aliphatic heterocycles. The van der Waals surface area contributed by atoms with Crippen molar-refractivity contribution in [1.82, 2.24) is 0 Å². The number of nitrogens with zero attached hydrogens (tertiary/aromatic N) is 1. The molecule has 2 rings (SSSR count). The third-order valence-corrected chi connectivity index (χ3v) is 3.69. The van der Waals surface area contributed by atoms with Gasteiger partial charge < -0.3 is 5.11 Å². The van der Waals surface area contributed by atoms with E-state index in [4.69, 9.17) is 0 Å². The van der Waals surface area contributed by atoms with Gasteiger partial charge in [0.05, 0.1) is 6.07 Å². The number of carbonyl (C=O) groups is 1. The van der Waals surface area contributed by atoms with E-state index in [9.17, 15) is 15.2 Å². The van der Waals surface area contributed by atoms with Crippen LogP contribution in [-0.2, 0) is 4.79 Å². The van der Waals surface area contributed by atoms with Gasteiger partial charge in [0.25, 0.3) is 0 Å². The number of benzene rings is 1. The normalized spacial score (nSPS) is 28.3. The predicted molar refractivity (Wildman–Crippen MR) is 63.3 cm³/mol.